The van der Waals surface area contributed by atoms with Gasteiger partial charge in [-0.1, -0.05) is 23.7 Å². The number of anilines is 2. The van der Waals surface area contributed by atoms with Crippen molar-refractivity contribution in [2.45, 2.75) is 38.5 Å². The molecule has 2 heterocycles. The number of nitrogens with zero attached hydrogens (tertiary/aromatic N) is 1. The number of hydrogen-bond donors (Lipinski definition) is 5. The fraction of sp³-hybridized carbons (Fsp3) is 0.333. The van der Waals surface area contributed by atoms with E-state index in [0.29, 0.717) is 30.3 Å². The third-order valence-corrected chi connectivity index (χ3v) is 5.91. The van der Waals surface area contributed by atoms with Crippen molar-refractivity contribution in [2.24, 2.45) is 10.7 Å². The first-order chi connectivity index (χ1) is 15.8. The number of carbonyl (C=O) groups excluding carboxylic acids is 1. The highest BCUT2D eigenvalue weighted by Crippen LogP contribution is 2.34. The summed E-state index contributed by atoms with van der Waals surface area (Å²) in [5.74, 6) is -0.954. The molecular weight excluding hydrogens is 440 g/mol. The fourth-order valence-electron chi connectivity index (χ4n) is 4.09. The van der Waals surface area contributed by atoms with Gasteiger partial charge in [0.05, 0.1) is 24.4 Å². The topological polar surface area (TPSA) is 119 Å². The van der Waals surface area contributed by atoms with E-state index in [1.807, 2.05) is 37.3 Å². The van der Waals surface area contributed by atoms with Crippen molar-refractivity contribution in [3.63, 3.8) is 0 Å². The maximum Gasteiger partial charge on any atom is 0.228 e. The van der Waals surface area contributed by atoms with Crippen molar-refractivity contribution in [3.8, 4) is 0 Å². The highest BCUT2D eigenvalue weighted by atomic mass is 35.5. The quantitative estimate of drug-likeness (QED) is 0.301. The Kier molecular flexibility index (Phi) is 6.99. The van der Waals surface area contributed by atoms with Gasteiger partial charge in [-0.15, -0.1) is 0 Å². The van der Waals surface area contributed by atoms with Crippen molar-refractivity contribution in [1.82, 2.24) is 5.32 Å². The second-order valence-corrected chi connectivity index (χ2v) is 8.99. The number of halogens is 1. The highest BCUT2D eigenvalue weighted by Gasteiger charge is 2.31. The molecule has 6 N–H and O–H groups in total. The molecule has 33 heavy (non-hydrogen) atoms. The Balaban J connectivity index is 1.51. The Hall–Kier alpha value is -2.91. The zero-order valence-electron chi connectivity index (χ0n) is 18.6. The number of hydrogen-bond acceptors (Lipinski definition) is 6. The van der Waals surface area contributed by atoms with Gasteiger partial charge in [0, 0.05) is 33.6 Å². The summed E-state index contributed by atoms with van der Waals surface area (Å²) in [6.07, 6.45) is 3.65. The van der Waals surface area contributed by atoms with E-state index in [1.54, 1.807) is 18.3 Å². The van der Waals surface area contributed by atoms with E-state index in [1.165, 1.54) is 0 Å². The molecule has 0 saturated heterocycles. The van der Waals surface area contributed by atoms with Crippen LogP contribution in [-0.2, 0) is 11.3 Å². The van der Waals surface area contributed by atoms with Crippen molar-refractivity contribution in [3.05, 3.63) is 69.4 Å². The molecule has 8 nitrogen and oxygen atoms in total. The molecule has 0 bridgehead atoms. The summed E-state index contributed by atoms with van der Waals surface area (Å²) in [5.41, 5.74) is 10.5. The first-order valence-corrected chi connectivity index (χ1v) is 11.5. The number of aliphatic imine (C=N–C) groups is 1. The van der Waals surface area contributed by atoms with Crippen LogP contribution in [0.25, 0.3) is 5.70 Å². The van der Waals surface area contributed by atoms with Gasteiger partial charge < -0.3 is 32.0 Å². The molecule has 2 aromatic rings. The van der Waals surface area contributed by atoms with Crippen LogP contribution in [0, 0.1) is 5.21 Å². The molecule has 0 saturated carbocycles. The second-order valence-electron chi connectivity index (χ2n) is 8.56. The molecule has 1 amide bonds. The van der Waals surface area contributed by atoms with E-state index in [0.717, 1.165) is 40.9 Å². The number of hydroxylamine groups is 2. The third kappa shape index (κ3) is 5.72. The summed E-state index contributed by atoms with van der Waals surface area (Å²) in [5, 5.41) is 22.8. The minimum Gasteiger partial charge on any atom is -0.634 e. The van der Waals surface area contributed by atoms with Crippen molar-refractivity contribution in [1.29, 1.82) is 0 Å². The molecule has 0 aromatic heterocycles. The van der Waals surface area contributed by atoms with Crippen LogP contribution in [0.15, 0.2) is 53.0 Å². The third-order valence-electron chi connectivity index (χ3n) is 5.67. The Morgan fingerprint density at radius 2 is 2.12 bits per heavy atom. The highest BCUT2D eigenvalue weighted by molar-refractivity contribution is 6.31. The molecule has 0 aliphatic carbocycles. The lowest BCUT2D eigenvalue weighted by Gasteiger charge is -2.35. The summed E-state index contributed by atoms with van der Waals surface area (Å²) in [4.78, 5) is 17.0. The van der Waals surface area contributed by atoms with Crippen LogP contribution in [0.2, 0.25) is 5.02 Å². The number of quaternary nitrogens is 1. The van der Waals surface area contributed by atoms with Gasteiger partial charge in [-0.3, -0.25) is 4.79 Å². The average molecular weight is 469 g/mol. The number of benzene rings is 2. The lowest BCUT2D eigenvalue weighted by Crippen LogP contribution is -3.05. The molecule has 9 heteroatoms. The van der Waals surface area contributed by atoms with E-state index in [9.17, 15) is 10.0 Å². The molecular formula is C24H29ClN6O2. The summed E-state index contributed by atoms with van der Waals surface area (Å²) in [6, 6.07) is 13.2. The minimum atomic E-state index is -0.840. The van der Waals surface area contributed by atoms with Gasteiger partial charge in [0.2, 0.25) is 11.7 Å². The van der Waals surface area contributed by atoms with Crippen LogP contribution in [0.5, 0.6) is 0 Å². The lowest BCUT2D eigenvalue weighted by molar-refractivity contribution is -0.862. The molecule has 2 aliphatic rings. The Morgan fingerprint density at radius 3 is 2.94 bits per heavy atom. The number of amides is 1. The van der Waals surface area contributed by atoms with Gasteiger partial charge in [-0.25, -0.2) is 4.99 Å². The smallest absolute Gasteiger partial charge is 0.228 e. The normalized spacial score (nSPS) is 20.3. The van der Waals surface area contributed by atoms with Crippen molar-refractivity contribution in [2.75, 3.05) is 23.7 Å². The monoisotopic (exact) mass is 468 g/mol. The van der Waals surface area contributed by atoms with Crippen LogP contribution in [-0.4, -0.2) is 31.0 Å². The molecule has 0 fully saturated rings. The molecule has 2 aliphatic heterocycles. The summed E-state index contributed by atoms with van der Waals surface area (Å²) in [7, 11) is 0. The maximum atomic E-state index is 12.3. The van der Waals surface area contributed by atoms with E-state index >= 15 is 0 Å². The Bertz CT molecular complexity index is 1100. The first kappa shape index (κ1) is 23.3. The van der Waals surface area contributed by atoms with Gasteiger partial charge in [-0.2, -0.15) is 0 Å². The zero-order chi connectivity index (χ0) is 23.4. The van der Waals surface area contributed by atoms with Crippen LogP contribution in [0.3, 0.4) is 0 Å². The van der Waals surface area contributed by atoms with E-state index in [-0.39, 0.29) is 17.4 Å². The average Bonchev–Trinajstić information content (AvgIpc) is 2.88. The second kappa shape index (κ2) is 9.93. The number of nitrogens with one attached hydrogen (secondary N) is 4. The van der Waals surface area contributed by atoms with Crippen LogP contribution >= 0.6 is 11.6 Å². The van der Waals surface area contributed by atoms with Crippen LogP contribution < -0.4 is 26.7 Å². The lowest BCUT2D eigenvalue weighted by atomic mass is 10.0. The van der Waals surface area contributed by atoms with Crippen LogP contribution in [0.4, 0.5) is 11.4 Å². The summed E-state index contributed by atoms with van der Waals surface area (Å²) >= 11 is 6.15. The SMILES string of the molecule is C[C@@]1(Nc2cccc(C[NH+]([O-])CCCCN)c2)N=CC2=C(N1)c1ccc(Cl)cc1NC(=O)C2. The molecule has 0 spiro atoms. The molecule has 174 valence electrons. The number of rotatable bonds is 8. The largest absolute Gasteiger partial charge is 0.634 e. The molecule has 1 unspecified atom stereocenters. The fourth-order valence-corrected chi connectivity index (χ4v) is 4.27. The predicted molar refractivity (Wildman–Crippen MR) is 133 cm³/mol. The van der Waals surface area contributed by atoms with E-state index < -0.39 is 5.79 Å². The first-order valence-electron chi connectivity index (χ1n) is 11.1. The van der Waals surface area contributed by atoms with Gasteiger partial charge in [-0.05, 0) is 56.6 Å². The number of carbonyl (C=O) groups is 1. The summed E-state index contributed by atoms with van der Waals surface area (Å²) < 4.78 is 0. The van der Waals surface area contributed by atoms with Gasteiger partial charge >= 0.3 is 0 Å². The molecule has 0 radical (unpaired) electrons. The zero-order valence-corrected chi connectivity index (χ0v) is 19.3. The molecule has 2 aromatic carbocycles. The number of fused-ring (bicyclic) bond motifs is 2. The number of nitrogens with two attached hydrogens (primary N) is 1. The minimum absolute atomic E-state index is 0.114. The van der Waals surface area contributed by atoms with Crippen molar-refractivity contribution < 1.29 is 9.86 Å². The Morgan fingerprint density at radius 1 is 1.27 bits per heavy atom. The van der Waals surface area contributed by atoms with E-state index in [2.05, 4.69) is 20.9 Å². The Labute approximate surface area is 198 Å². The molecule has 2 atom stereocenters. The summed E-state index contributed by atoms with van der Waals surface area (Å²) in [6.45, 7) is 3.47. The van der Waals surface area contributed by atoms with Crippen LogP contribution in [0.1, 0.15) is 37.3 Å². The number of unbranched alkanes of at least 4 members (excludes halogenated alkanes) is 1. The van der Waals surface area contributed by atoms with Crippen molar-refractivity contribution >= 4 is 40.8 Å². The van der Waals surface area contributed by atoms with Gasteiger partial charge in [0.25, 0.3) is 0 Å². The predicted octanol–water partition coefficient (Wildman–Crippen LogP) is 2.47. The standard InChI is InChI=1S/C24H29ClN6O2/c1-24(29-19-6-4-5-16(11-19)15-31(33)10-3-2-9-26)27-14-17-12-22(32)28-21-13-18(25)7-8-20(21)23(17)30-24/h4-8,11,13-14,29-31H,2-3,9-10,12,15,26H2,1H3,(H,28,32)/t24-/m0/s1. The van der Waals surface area contributed by atoms with Gasteiger partial charge in [0.15, 0.2) is 0 Å². The molecule has 4 rings (SSSR count). The maximum absolute atomic E-state index is 12.3. The van der Waals surface area contributed by atoms with E-state index in [4.69, 9.17) is 17.3 Å². The van der Waals surface area contributed by atoms with Gasteiger partial charge in [0.1, 0.15) is 6.54 Å².